The third-order valence-electron chi connectivity index (χ3n) is 5.00. The second kappa shape index (κ2) is 11.6. The smallest absolute Gasteiger partial charge is 0.420 e. The van der Waals surface area contributed by atoms with Crippen molar-refractivity contribution in [3.63, 3.8) is 0 Å². The number of rotatable bonds is 8. The fourth-order valence-corrected chi connectivity index (χ4v) is 3.56. The molecule has 0 unspecified atom stereocenters. The summed E-state index contributed by atoms with van der Waals surface area (Å²) in [6.07, 6.45) is 1.77. The zero-order chi connectivity index (χ0) is 28.1. The predicted molar refractivity (Wildman–Crippen MR) is 144 cm³/mol. The summed E-state index contributed by atoms with van der Waals surface area (Å²) in [5.74, 6) is 0.531. The van der Waals surface area contributed by atoms with E-state index < -0.39 is 29.4 Å². The average Bonchev–Trinajstić information content (AvgIpc) is 3.26. The zero-order valence-corrected chi connectivity index (χ0v) is 23.0. The molecule has 10 heteroatoms. The highest BCUT2D eigenvalue weighted by atomic mass is 16.6. The van der Waals surface area contributed by atoms with E-state index in [9.17, 15) is 9.59 Å². The SMILES string of the molecule is C=CCOC[C@H](NC(=O)OC(C)(C)C)c1nc(-c2cc3ccccc3nc2OC)cn1C(=O)OC(C)(C)C. The van der Waals surface area contributed by atoms with Crippen LogP contribution < -0.4 is 10.1 Å². The summed E-state index contributed by atoms with van der Waals surface area (Å²) in [5.41, 5.74) is 0.224. The molecule has 0 aliphatic rings. The van der Waals surface area contributed by atoms with Crippen molar-refractivity contribution in [2.75, 3.05) is 20.3 Å². The van der Waals surface area contributed by atoms with Gasteiger partial charge in [0, 0.05) is 11.6 Å². The van der Waals surface area contributed by atoms with Gasteiger partial charge in [-0.25, -0.2) is 24.1 Å². The molecule has 0 bridgehead atoms. The summed E-state index contributed by atoms with van der Waals surface area (Å²) in [6, 6.07) is 8.63. The molecule has 3 aromatic rings. The zero-order valence-electron chi connectivity index (χ0n) is 23.0. The van der Waals surface area contributed by atoms with E-state index in [0.717, 1.165) is 10.9 Å². The van der Waals surface area contributed by atoms with Crippen LogP contribution in [0.3, 0.4) is 0 Å². The van der Waals surface area contributed by atoms with E-state index in [1.807, 2.05) is 30.3 Å². The second-order valence-corrected chi connectivity index (χ2v) is 10.6. The van der Waals surface area contributed by atoms with Crippen LogP contribution in [0.5, 0.6) is 5.88 Å². The van der Waals surface area contributed by atoms with Crippen molar-refractivity contribution in [2.45, 2.75) is 58.8 Å². The molecule has 0 saturated carbocycles. The molecule has 3 rings (SSSR count). The van der Waals surface area contributed by atoms with Crippen LogP contribution in [-0.2, 0) is 14.2 Å². The minimum atomic E-state index is -0.856. The lowest BCUT2D eigenvalue weighted by Gasteiger charge is -2.24. The van der Waals surface area contributed by atoms with Gasteiger partial charge in [-0.2, -0.15) is 0 Å². The van der Waals surface area contributed by atoms with Crippen molar-refractivity contribution in [2.24, 2.45) is 0 Å². The molecular weight excluding hydrogens is 488 g/mol. The van der Waals surface area contributed by atoms with Gasteiger partial charge in [-0.05, 0) is 53.7 Å². The van der Waals surface area contributed by atoms with Gasteiger partial charge in [-0.3, -0.25) is 0 Å². The van der Waals surface area contributed by atoms with Crippen LogP contribution in [0.1, 0.15) is 53.4 Å². The molecule has 0 radical (unpaired) electrons. The number of fused-ring (bicyclic) bond motifs is 1. The van der Waals surface area contributed by atoms with Crippen LogP contribution >= 0.6 is 0 Å². The Morgan fingerprint density at radius 2 is 1.76 bits per heavy atom. The predicted octanol–water partition coefficient (Wildman–Crippen LogP) is 5.66. The van der Waals surface area contributed by atoms with Crippen molar-refractivity contribution < 1.29 is 28.5 Å². The summed E-state index contributed by atoms with van der Waals surface area (Å²) >= 11 is 0. The molecule has 0 aliphatic carbocycles. The molecule has 2 aromatic heterocycles. The maximum atomic E-state index is 13.3. The molecule has 0 fully saturated rings. The largest absolute Gasteiger partial charge is 0.480 e. The minimum absolute atomic E-state index is 0.00236. The first-order chi connectivity index (χ1) is 17.8. The van der Waals surface area contributed by atoms with Gasteiger partial charge >= 0.3 is 12.2 Å². The normalized spacial score (nSPS) is 12.6. The number of alkyl carbamates (subject to hydrolysis) is 1. The Morgan fingerprint density at radius 3 is 2.39 bits per heavy atom. The number of nitrogens with one attached hydrogen (secondary N) is 1. The third-order valence-corrected chi connectivity index (χ3v) is 5.00. The van der Waals surface area contributed by atoms with Crippen molar-refractivity contribution in [1.29, 1.82) is 0 Å². The maximum Gasteiger partial charge on any atom is 0.420 e. The number of amides is 1. The number of hydrogen-bond donors (Lipinski definition) is 1. The lowest BCUT2D eigenvalue weighted by Crippen LogP contribution is -2.39. The first-order valence-corrected chi connectivity index (χ1v) is 12.3. The molecule has 2 heterocycles. The number of carbonyl (C=O) groups is 2. The molecular formula is C28H36N4O6. The van der Waals surface area contributed by atoms with Gasteiger partial charge < -0.3 is 24.3 Å². The molecule has 1 amide bonds. The van der Waals surface area contributed by atoms with Gasteiger partial charge in [-0.15, -0.1) is 6.58 Å². The number of pyridine rings is 1. The Morgan fingerprint density at radius 1 is 1.08 bits per heavy atom. The Bertz CT molecular complexity index is 1300. The number of methoxy groups -OCH3 is 1. The molecule has 1 aromatic carbocycles. The standard InChI is InChI=1S/C28H36N4O6/c1-9-14-36-17-22(31-25(33)37-27(2,3)4)23-29-21(16-32(23)26(34)38-28(5,6)7)19-15-18-12-10-11-13-20(18)30-24(19)35-8/h9-13,15-16,22H,1,14,17H2,2-8H3,(H,31,33)/t22-/m0/s1. The molecule has 1 N–H and O–H groups in total. The van der Waals surface area contributed by atoms with E-state index in [0.29, 0.717) is 17.1 Å². The molecule has 204 valence electrons. The number of para-hydroxylation sites is 1. The van der Waals surface area contributed by atoms with E-state index >= 15 is 0 Å². The van der Waals surface area contributed by atoms with Crippen LogP contribution in [0.15, 0.2) is 49.2 Å². The highest BCUT2D eigenvalue weighted by molar-refractivity contribution is 5.86. The second-order valence-electron chi connectivity index (χ2n) is 10.6. The Kier molecular flexibility index (Phi) is 8.78. The lowest BCUT2D eigenvalue weighted by molar-refractivity contribution is 0.0423. The van der Waals surface area contributed by atoms with Crippen LogP contribution in [0.4, 0.5) is 9.59 Å². The van der Waals surface area contributed by atoms with Crippen LogP contribution in [0.25, 0.3) is 22.2 Å². The van der Waals surface area contributed by atoms with E-state index in [4.69, 9.17) is 23.9 Å². The highest BCUT2D eigenvalue weighted by Crippen LogP contribution is 2.32. The summed E-state index contributed by atoms with van der Waals surface area (Å²) < 4.78 is 23.5. The van der Waals surface area contributed by atoms with E-state index in [1.54, 1.807) is 47.6 Å². The van der Waals surface area contributed by atoms with Gasteiger partial charge in [0.15, 0.2) is 0 Å². The fraction of sp³-hybridized carbons (Fsp3) is 0.429. The number of ether oxygens (including phenoxy) is 4. The molecule has 38 heavy (non-hydrogen) atoms. The van der Waals surface area contributed by atoms with Gasteiger partial charge in [0.25, 0.3) is 0 Å². The monoisotopic (exact) mass is 524 g/mol. The van der Waals surface area contributed by atoms with Gasteiger partial charge in [0.1, 0.15) is 23.1 Å². The van der Waals surface area contributed by atoms with Gasteiger partial charge in [0.05, 0.1) is 37.1 Å². The fourth-order valence-electron chi connectivity index (χ4n) is 3.56. The molecule has 0 saturated heterocycles. The van der Waals surface area contributed by atoms with E-state index in [1.165, 1.54) is 17.9 Å². The molecule has 0 aliphatic heterocycles. The summed E-state index contributed by atoms with van der Waals surface area (Å²) in [6.45, 7) is 14.5. The van der Waals surface area contributed by atoms with Gasteiger partial charge in [-0.1, -0.05) is 24.3 Å². The maximum absolute atomic E-state index is 13.3. The van der Waals surface area contributed by atoms with Crippen LogP contribution in [-0.4, -0.2) is 58.2 Å². The Hall–Kier alpha value is -3.92. The minimum Gasteiger partial charge on any atom is -0.480 e. The van der Waals surface area contributed by atoms with Crippen molar-refractivity contribution in [3.05, 3.63) is 55.0 Å². The van der Waals surface area contributed by atoms with Crippen molar-refractivity contribution in [3.8, 4) is 17.1 Å². The number of hydrogen-bond acceptors (Lipinski definition) is 8. The molecule has 1 atom stereocenters. The molecule has 10 nitrogen and oxygen atoms in total. The number of nitrogens with zero attached hydrogens (tertiary/aromatic N) is 3. The Labute approximate surface area is 223 Å². The quantitative estimate of drug-likeness (QED) is 0.297. The topological polar surface area (TPSA) is 114 Å². The van der Waals surface area contributed by atoms with Crippen LogP contribution in [0.2, 0.25) is 0 Å². The van der Waals surface area contributed by atoms with Gasteiger partial charge in [0.2, 0.25) is 5.88 Å². The first-order valence-electron chi connectivity index (χ1n) is 12.3. The first kappa shape index (κ1) is 28.6. The third kappa shape index (κ3) is 7.55. The summed E-state index contributed by atoms with van der Waals surface area (Å²) in [7, 11) is 1.52. The number of aromatic nitrogens is 3. The lowest BCUT2D eigenvalue weighted by atomic mass is 10.1. The van der Waals surface area contributed by atoms with Crippen LogP contribution in [0, 0.1) is 0 Å². The van der Waals surface area contributed by atoms with E-state index in [-0.39, 0.29) is 19.0 Å². The average molecular weight is 525 g/mol. The van der Waals surface area contributed by atoms with E-state index in [2.05, 4.69) is 16.9 Å². The van der Waals surface area contributed by atoms with Crippen molar-refractivity contribution >= 4 is 23.1 Å². The highest BCUT2D eigenvalue weighted by Gasteiger charge is 2.30. The number of benzene rings is 1. The molecule has 0 spiro atoms. The number of carbonyl (C=O) groups excluding carboxylic acids is 2. The van der Waals surface area contributed by atoms with Crippen molar-refractivity contribution in [1.82, 2.24) is 19.9 Å². The Balaban J connectivity index is 2.14. The number of imidazole rings is 1. The summed E-state index contributed by atoms with van der Waals surface area (Å²) in [5, 5.41) is 3.64. The summed E-state index contributed by atoms with van der Waals surface area (Å²) in [4.78, 5) is 35.3.